The first-order valence-corrected chi connectivity index (χ1v) is 8.83. The standard InChI is InChI=1S/C16H19O2P.C2H6/c1-3-17-19(13-15-7-5-4-6-8-15)18-16-11-9-14(2)10-12-16;1-2/h4-12H,3,13H2,1-2H3;1-2H3. The Balaban J connectivity index is 0.00000106. The molecule has 0 bridgehead atoms. The molecule has 0 radical (unpaired) electrons. The SMILES string of the molecule is CC.CCOP(Cc1ccccc1)Oc1ccc(C)cc1. The summed E-state index contributed by atoms with van der Waals surface area (Å²) in [5.74, 6) is 0.876. The molecule has 21 heavy (non-hydrogen) atoms. The van der Waals surface area contributed by atoms with Crippen LogP contribution in [-0.4, -0.2) is 6.61 Å². The van der Waals surface area contributed by atoms with Crippen LogP contribution in [0.2, 0.25) is 0 Å². The van der Waals surface area contributed by atoms with Gasteiger partial charge in [-0.15, -0.1) is 0 Å². The molecule has 0 aliphatic heterocycles. The van der Waals surface area contributed by atoms with Crippen LogP contribution in [0.3, 0.4) is 0 Å². The molecule has 0 heterocycles. The molecule has 0 aromatic heterocycles. The van der Waals surface area contributed by atoms with Gasteiger partial charge in [-0.1, -0.05) is 61.9 Å². The normalized spacial score (nSPS) is 11.2. The first kappa shape index (κ1) is 17.7. The van der Waals surface area contributed by atoms with Gasteiger partial charge in [0.2, 0.25) is 8.38 Å². The lowest BCUT2D eigenvalue weighted by atomic mass is 10.2. The topological polar surface area (TPSA) is 18.5 Å². The van der Waals surface area contributed by atoms with Crippen molar-refractivity contribution in [2.45, 2.75) is 33.9 Å². The van der Waals surface area contributed by atoms with Gasteiger partial charge < -0.3 is 9.05 Å². The van der Waals surface area contributed by atoms with E-state index < -0.39 is 8.38 Å². The predicted octanol–water partition coefficient (Wildman–Crippen LogP) is 5.95. The Morgan fingerprint density at radius 2 is 1.52 bits per heavy atom. The van der Waals surface area contributed by atoms with Crippen LogP contribution >= 0.6 is 8.38 Å². The van der Waals surface area contributed by atoms with Gasteiger partial charge in [0.05, 0.1) is 12.8 Å². The van der Waals surface area contributed by atoms with Crippen LogP contribution in [0.4, 0.5) is 0 Å². The second-order valence-corrected chi connectivity index (χ2v) is 5.72. The monoisotopic (exact) mass is 304 g/mol. The molecule has 0 aliphatic carbocycles. The summed E-state index contributed by atoms with van der Waals surface area (Å²) >= 11 is 0. The molecular weight excluding hydrogens is 279 g/mol. The zero-order chi connectivity index (χ0) is 15.5. The molecule has 1 unspecified atom stereocenters. The smallest absolute Gasteiger partial charge is 0.234 e. The van der Waals surface area contributed by atoms with E-state index in [1.807, 2.05) is 51.1 Å². The Bertz CT molecular complexity index is 482. The second kappa shape index (κ2) is 10.4. The van der Waals surface area contributed by atoms with Crippen LogP contribution in [0, 0.1) is 6.92 Å². The summed E-state index contributed by atoms with van der Waals surface area (Å²) in [6.07, 6.45) is 0.817. The molecule has 0 saturated carbocycles. The van der Waals surface area contributed by atoms with E-state index >= 15 is 0 Å². The number of hydrogen-bond acceptors (Lipinski definition) is 2. The number of rotatable bonds is 6. The fourth-order valence-electron chi connectivity index (χ4n) is 1.70. The van der Waals surface area contributed by atoms with Gasteiger partial charge in [0, 0.05) is 0 Å². The molecule has 2 aromatic carbocycles. The molecule has 0 fully saturated rings. The summed E-state index contributed by atoms with van der Waals surface area (Å²) in [4.78, 5) is 0. The lowest BCUT2D eigenvalue weighted by molar-refractivity contribution is 0.333. The van der Waals surface area contributed by atoms with E-state index in [-0.39, 0.29) is 0 Å². The molecule has 0 aliphatic rings. The lowest BCUT2D eigenvalue weighted by Gasteiger charge is -2.17. The lowest BCUT2D eigenvalue weighted by Crippen LogP contribution is -1.96. The van der Waals surface area contributed by atoms with Crippen molar-refractivity contribution in [2.24, 2.45) is 0 Å². The zero-order valence-corrected chi connectivity index (χ0v) is 14.3. The maximum atomic E-state index is 5.96. The Kier molecular flexibility index (Phi) is 8.73. The van der Waals surface area contributed by atoms with Crippen molar-refractivity contribution in [3.8, 4) is 5.75 Å². The summed E-state index contributed by atoms with van der Waals surface area (Å²) in [5.41, 5.74) is 2.48. The van der Waals surface area contributed by atoms with Gasteiger partial charge in [0.1, 0.15) is 5.75 Å². The third-order valence-electron chi connectivity index (χ3n) is 2.66. The van der Waals surface area contributed by atoms with Gasteiger partial charge >= 0.3 is 0 Å². The number of hydrogen-bond donors (Lipinski definition) is 0. The van der Waals surface area contributed by atoms with Gasteiger partial charge in [-0.25, -0.2) is 0 Å². The van der Waals surface area contributed by atoms with Crippen molar-refractivity contribution < 1.29 is 9.05 Å². The maximum absolute atomic E-state index is 5.96. The van der Waals surface area contributed by atoms with Gasteiger partial charge in [0.15, 0.2) is 0 Å². The Morgan fingerprint density at radius 3 is 2.10 bits per heavy atom. The van der Waals surface area contributed by atoms with Crippen molar-refractivity contribution in [3.63, 3.8) is 0 Å². The summed E-state index contributed by atoms with van der Waals surface area (Å²) in [5, 5.41) is 0. The highest BCUT2D eigenvalue weighted by Gasteiger charge is 2.12. The van der Waals surface area contributed by atoms with Crippen LogP contribution in [0.1, 0.15) is 31.9 Å². The quantitative estimate of drug-likeness (QED) is 0.614. The van der Waals surface area contributed by atoms with E-state index in [9.17, 15) is 0 Å². The van der Waals surface area contributed by atoms with E-state index in [1.54, 1.807) is 0 Å². The van der Waals surface area contributed by atoms with Crippen molar-refractivity contribution in [2.75, 3.05) is 6.61 Å². The Hall–Kier alpha value is -1.37. The van der Waals surface area contributed by atoms with E-state index in [2.05, 4.69) is 31.2 Å². The molecule has 0 amide bonds. The van der Waals surface area contributed by atoms with Crippen LogP contribution in [0.25, 0.3) is 0 Å². The van der Waals surface area contributed by atoms with Crippen molar-refractivity contribution in [1.82, 2.24) is 0 Å². The maximum Gasteiger partial charge on any atom is 0.234 e. The average molecular weight is 304 g/mol. The van der Waals surface area contributed by atoms with E-state index in [1.165, 1.54) is 11.1 Å². The molecule has 0 saturated heterocycles. The highest BCUT2D eigenvalue weighted by molar-refractivity contribution is 7.46. The first-order chi connectivity index (χ1) is 10.3. The molecule has 2 nitrogen and oxygen atoms in total. The second-order valence-electron chi connectivity index (χ2n) is 4.30. The predicted molar refractivity (Wildman–Crippen MR) is 91.8 cm³/mol. The number of aryl methyl sites for hydroxylation is 1. The molecule has 3 heteroatoms. The summed E-state index contributed by atoms with van der Waals surface area (Å²) < 4.78 is 11.7. The summed E-state index contributed by atoms with van der Waals surface area (Å²) in [6.45, 7) is 8.74. The fourth-order valence-corrected chi connectivity index (χ4v) is 3.06. The van der Waals surface area contributed by atoms with Gasteiger partial charge in [-0.2, -0.15) is 0 Å². The third kappa shape index (κ3) is 6.75. The number of benzene rings is 2. The van der Waals surface area contributed by atoms with Crippen molar-refractivity contribution in [3.05, 3.63) is 65.7 Å². The Labute approximate surface area is 130 Å². The highest BCUT2D eigenvalue weighted by atomic mass is 31.2. The fraction of sp³-hybridized carbons (Fsp3) is 0.333. The van der Waals surface area contributed by atoms with Crippen LogP contribution in [0.15, 0.2) is 54.6 Å². The highest BCUT2D eigenvalue weighted by Crippen LogP contribution is 2.42. The van der Waals surface area contributed by atoms with Gasteiger partial charge in [-0.05, 0) is 31.5 Å². The minimum atomic E-state index is -0.923. The van der Waals surface area contributed by atoms with Crippen LogP contribution in [-0.2, 0) is 10.7 Å². The summed E-state index contributed by atoms with van der Waals surface area (Å²) in [7, 11) is -0.923. The molecular formula is C18H25O2P. The van der Waals surface area contributed by atoms with Crippen LogP contribution < -0.4 is 4.52 Å². The zero-order valence-electron chi connectivity index (χ0n) is 13.4. The van der Waals surface area contributed by atoms with Gasteiger partial charge in [0.25, 0.3) is 0 Å². The van der Waals surface area contributed by atoms with E-state index in [0.717, 1.165) is 11.9 Å². The van der Waals surface area contributed by atoms with Gasteiger partial charge in [-0.3, -0.25) is 0 Å². The first-order valence-electron chi connectivity index (χ1n) is 7.47. The Morgan fingerprint density at radius 1 is 0.905 bits per heavy atom. The van der Waals surface area contributed by atoms with Crippen molar-refractivity contribution in [1.29, 1.82) is 0 Å². The minimum Gasteiger partial charge on any atom is -0.447 e. The van der Waals surface area contributed by atoms with E-state index in [4.69, 9.17) is 9.05 Å². The van der Waals surface area contributed by atoms with Crippen molar-refractivity contribution >= 4 is 8.38 Å². The molecule has 2 rings (SSSR count). The third-order valence-corrected chi connectivity index (χ3v) is 4.24. The largest absolute Gasteiger partial charge is 0.447 e. The summed E-state index contributed by atoms with van der Waals surface area (Å²) in [6, 6.07) is 18.4. The molecule has 0 N–H and O–H groups in total. The average Bonchev–Trinajstić information content (AvgIpc) is 2.53. The van der Waals surface area contributed by atoms with Crippen LogP contribution in [0.5, 0.6) is 5.75 Å². The minimum absolute atomic E-state index is 0.671. The molecule has 2 aromatic rings. The van der Waals surface area contributed by atoms with E-state index in [0.29, 0.717) is 6.61 Å². The molecule has 0 spiro atoms. The molecule has 1 atom stereocenters. The molecule has 114 valence electrons.